The van der Waals surface area contributed by atoms with Gasteiger partial charge in [-0.2, -0.15) is 0 Å². The fourth-order valence-electron chi connectivity index (χ4n) is 1.23. The molecule has 0 radical (unpaired) electrons. The monoisotopic (exact) mass is 205 g/mol. The zero-order chi connectivity index (χ0) is 11.3. The number of aliphatic hydroxyl groups excluding tert-OH is 1. The number of aromatic hydroxyl groups is 1. The number of aliphatic hydroxyl groups is 1. The summed E-state index contributed by atoms with van der Waals surface area (Å²) in [5.41, 5.74) is 0.777. The Morgan fingerprint density at radius 1 is 1.60 bits per heavy atom. The molecule has 1 aromatic rings. The highest BCUT2D eigenvalue weighted by Gasteiger charge is 2.12. The number of carbonyl (C=O) groups is 1. The molecule has 0 aliphatic heterocycles. The topological polar surface area (TPSA) is 70.4 Å². The van der Waals surface area contributed by atoms with E-state index in [2.05, 4.69) is 10.9 Å². The van der Waals surface area contributed by atoms with Gasteiger partial charge in [0.1, 0.15) is 5.75 Å². The van der Waals surface area contributed by atoms with Crippen molar-refractivity contribution in [3.05, 3.63) is 23.0 Å². The van der Waals surface area contributed by atoms with Crippen molar-refractivity contribution in [2.75, 3.05) is 0 Å². The van der Waals surface area contributed by atoms with Gasteiger partial charge in [0.05, 0.1) is 17.9 Å². The summed E-state index contributed by atoms with van der Waals surface area (Å²) in [6, 6.07) is 0. The first-order valence-corrected chi connectivity index (χ1v) is 4.43. The maximum Gasteiger partial charge on any atom is 0.154 e. The molecule has 0 fully saturated rings. The lowest BCUT2D eigenvalue weighted by atomic mass is 10.1. The molecule has 0 spiro atoms. The molecule has 0 amide bonds. The van der Waals surface area contributed by atoms with Crippen molar-refractivity contribution in [3.63, 3.8) is 0 Å². The van der Waals surface area contributed by atoms with Crippen LogP contribution in [-0.4, -0.2) is 21.5 Å². The predicted octanol–water partition coefficient (Wildman–Crippen LogP) is 0.658. The third-order valence-corrected chi connectivity index (χ3v) is 2.04. The van der Waals surface area contributed by atoms with Crippen LogP contribution in [0.3, 0.4) is 0 Å². The molecule has 15 heavy (non-hydrogen) atoms. The van der Waals surface area contributed by atoms with Crippen LogP contribution < -0.4 is 0 Å². The first-order valence-electron chi connectivity index (χ1n) is 4.43. The van der Waals surface area contributed by atoms with Gasteiger partial charge in [-0.25, -0.2) is 0 Å². The van der Waals surface area contributed by atoms with E-state index in [4.69, 9.17) is 11.5 Å². The fraction of sp³-hybridized carbons (Fsp3) is 0.273. The third kappa shape index (κ3) is 2.33. The van der Waals surface area contributed by atoms with Gasteiger partial charge in [0.25, 0.3) is 0 Å². The van der Waals surface area contributed by atoms with Crippen LogP contribution in [0.2, 0.25) is 0 Å². The Labute approximate surface area is 87.6 Å². The molecule has 1 rings (SSSR count). The summed E-state index contributed by atoms with van der Waals surface area (Å²) in [5, 5.41) is 18.6. The Balaban J connectivity index is 3.12. The lowest BCUT2D eigenvalue weighted by molar-refractivity contribution is 0.111. The molecule has 4 nitrogen and oxygen atoms in total. The summed E-state index contributed by atoms with van der Waals surface area (Å²) in [7, 11) is 0. The van der Waals surface area contributed by atoms with E-state index in [0.29, 0.717) is 30.4 Å². The van der Waals surface area contributed by atoms with Crippen LogP contribution in [0.4, 0.5) is 0 Å². The maximum absolute atomic E-state index is 10.7. The third-order valence-electron chi connectivity index (χ3n) is 2.04. The molecule has 78 valence electrons. The highest BCUT2D eigenvalue weighted by atomic mass is 16.3. The number of terminal acetylenes is 1. The molecule has 0 saturated heterocycles. The molecule has 0 atom stereocenters. The molecule has 0 aliphatic carbocycles. The van der Waals surface area contributed by atoms with Crippen LogP contribution in [0.15, 0.2) is 6.20 Å². The SMILES string of the molecule is C#CCCc1ncc(CO)c(C=O)c1O. The van der Waals surface area contributed by atoms with E-state index in [0.717, 1.165) is 0 Å². The van der Waals surface area contributed by atoms with Crippen molar-refractivity contribution in [1.29, 1.82) is 0 Å². The van der Waals surface area contributed by atoms with E-state index >= 15 is 0 Å². The number of aldehydes is 1. The summed E-state index contributed by atoms with van der Waals surface area (Å²) in [4.78, 5) is 14.6. The van der Waals surface area contributed by atoms with Crippen LogP contribution in [0, 0.1) is 12.3 Å². The Morgan fingerprint density at radius 2 is 2.33 bits per heavy atom. The van der Waals surface area contributed by atoms with Gasteiger partial charge in [-0.1, -0.05) is 0 Å². The summed E-state index contributed by atoms with van der Waals surface area (Å²) in [5.74, 6) is 2.23. The van der Waals surface area contributed by atoms with Gasteiger partial charge < -0.3 is 10.2 Å². The van der Waals surface area contributed by atoms with Gasteiger partial charge in [0.2, 0.25) is 0 Å². The second kappa shape index (κ2) is 5.13. The average Bonchev–Trinajstić information content (AvgIpc) is 2.27. The number of hydrogen-bond donors (Lipinski definition) is 2. The van der Waals surface area contributed by atoms with Crippen LogP contribution in [0.25, 0.3) is 0 Å². The number of rotatable bonds is 4. The van der Waals surface area contributed by atoms with Crippen molar-refractivity contribution in [3.8, 4) is 18.1 Å². The van der Waals surface area contributed by atoms with Crippen LogP contribution >= 0.6 is 0 Å². The number of aromatic nitrogens is 1. The summed E-state index contributed by atoms with van der Waals surface area (Å²) in [6.07, 6.45) is 7.81. The predicted molar refractivity (Wildman–Crippen MR) is 54.4 cm³/mol. The highest BCUT2D eigenvalue weighted by Crippen LogP contribution is 2.23. The van der Waals surface area contributed by atoms with E-state index in [9.17, 15) is 9.90 Å². The summed E-state index contributed by atoms with van der Waals surface area (Å²) < 4.78 is 0. The molecule has 2 N–H and O–H groups in total. The summed E-state index contributed by atoms with van der Waals surface area (Å²) >= 11 is 0. The lowest BCUT2D eigenvalue weighted by Crippen LogP contribution is -2.00. The highest BCUT2D eigenvalue weighted by molar-refractivity contribution is 5.81. The van der Waals surface area contributed by atoms with Crippen LogP contribution in [0.5, 0.6) is 5.75 Å². The molecular formula is C11H11NO3. The summed E-state index contributed by atoms with van der Waals surface area (Å²) in [6.45, 7) is -0.329. The Bertz CT molecular complexity index is 407. The second-order valence-electron chi connectivity index (χ2n) is 2.97. The van der Waals surface area contributed by atoms with E-state index in [-0.39, 0.29) is 17.9 Å². The van der Waals surface area contributed by atoms with Gasteiger partial charge in [-0.15, -0.1) is 12.3 Å². The van der Waals surface area contributed by atoms with Gasteiger partial charge in [0.15, 0.2) is 6.29 Å². The molecular weight excluding hydrogens is 194 g/mol. The lowest BCUT2D eigenvalue weighted by Gasteiger charge is -2.07. The molecule has 1 aromatic heterocycles. The van der Waals surface area contributed by atoms with Gasteiger partial charge >= 0.3 is 0 Å². The smallest absolute Gasteiger partial charge is 0.154 e. The molecule has 0 aromatic carbocycles. The normalized spacial score (nSPS) is 9.60. The molecule has 4 heteroatoms. The first kappa shape index (κ1) is 11.2. The number of carbonyl (C=O) groups excluding carboxylic acids is 1. The van der Waals surface area contributed by atoms with Gasteiger partial charge in [-0.3, -0.25) is 9.78 Å². The molecule has 0 aliphatic rings. The van der Waals surface area contributed by atoms with Crippen LogP contribution in [-0.2, 0) is 13.0 Å². The zero-order valence-electron chi connectivity index (χ0n) is 8.10. The Kier molecular flexibility index (Phi) is 3.83. The number of hydrogen-bond acceptors (Lipinski definition) is 4. The Morgan fingerprint density at radius 3 is 2.87 bits per heavy atom. The average molecular weight is 205 g/mol. The molecule has 0 saturated carbocycles. The van der Waals surface area contributed by atoms with Gasteiger partial charge in [-0.05, 0) is 0 Å². The zero-order valence-corrected chi connectivity index (χ0v) is 8.10. The fourth-order valence-corrected chi connectivity index (χ4v) is 1.23. The second-order valence-corrected chi connectivity index (χ2v) is 2.97. The Hall–Kier alpha value is -1.86. The number of nitrogens with zero attached hydrogens (tertiary/aromatic N) is 1. The maximum atomic E-state index is 10.7. The van der Waals surface area contributed by atoms with Crippen molar-refractivity contribution in [1.82, 2.24) is 4.98 Å². The van der Waals surface area contributed by atoms with E-state index in [1.54, 1.807) is 0 Å². The quantitative estimate of drug-likeness (QED) is 0.559. The first-order chi connectivity index (χ1) is 7.24. The minimum atomic E-state index is -0.329. The number of aryl methyl sites for hydroxylation is 1. The van der Waals surface area contributed by atoms with E-state index in [1.165, 1.54) is 6.20 Å². The largest absolute Gasteiger partial charge is 0.505 e. The molecule has 0 unspecified atom stereocenters. The van der Waals surface area contributed by atoms with E-state index < -0.39 is 0 Å². The van der Waals surface area contributed by atoms with E-state index in [1.807, 2.05) is 0 Å². The van der Waals surface area contributed by atoms with Crippen molar-refractivity contribution in [2.24, 2.45) is 0 Å². The molecule has 0 bridgehead atoms. The van der Waals surface area contributed by atoms with Crippen molar-refractivity contribution >= 4 is 6.29 Å². The van der Waals surface area contributed by atoms with Gasteiger partial charge in [0, 0.05) is 24.6 Å². The van der Waals surface area contributed by atoms with Crippen molar-refractivity contribution in [2.45, 2.75) is 19.4 Å². The minimum absolute atomic E-state index is 0.0829. The minimum Gasteiger partial charge on any atom is -0.505 e. The number of pyridine rings is 1. The molecule has 1 heterocycles. The van der Waals surface area contributed by atoms with Crippen molar-refractivity contribution < 1.29 is 15.0 Å². The van der Waals surface area contributed by atoms with Crippen LogP contribution in [0.1, 0.15) is 28.0 Å². The standard InChI is InChI=1S/C11H11NO3/c1-2-3-4-10-11(15)9(7-14)8(6-13)5-12-10/h1,5,7,13,15H,3-4,6H2.